The Labute approximate surface area is 154 Å². The number of thiophene rings is 1. The number of piperidine rings is 1. The Morgan fingerprint density at radius 1 is 1.12 bits per heavy atom. The summed E-state index contributed by atoms with van der Waals surface area (Å²) in [4.78, 5) is 12.6. The van der Waals surface area contributed by atoms with Crippen molar-refractivity contribution >= 4 is 27.3 Å². The number of carbonyl (C=O) groups is 1. The monoisotopic (exact) mass is 400 g/mol. The molecule has 0 saturated carbocycles. The first kappa shape index (κ1) is 18.9. The highest BCUT2D eigenvalue weighted by molar-refractivity contribution is 7.91. The average molecular weight is 400 g/mol. The van der Waals surface area contributed by atoms with Crippen LogP contribution in [0.5, 0.6) is 0 Å². The van der Waals surface area contributed by atoms with Crippen molar-refractivity contribution in [3.8, 4) is 0 Å². The van der Waals surface area contributed by atoms with Gasteiger partial charge in [0.15, 0.2) is 0 Å². The Bertz CT molecular complexity index is 906. The number of hydrogen-bond acceptors (Lipinski definition) is 4. The van der Waals surface area contributed by atoms with E-state index >= 15 is 0 Å². The first-order chi connectivity index (χ1) is 12.4. The zero-order valence-electron chi connectivity index (χ0n) is 13.9. The lowest BCUT2D eigenvalue weighted by Crippen LogP contribution is -2.35. The van der Waals surface area contributed by atoms with Crippen molar-refractivity contribution in [1.29, 1.82) is 0 Å². The van der Waals surface area contributed by atoms with Crippen molar-refractivity contribution in [3.63, 3.8) is 0 Å². The van der Waals surface area contributed by atoms with Crippen LogP contribution in [0.15, 0.2) is 34.5 Å². The molecule has 0 spiro atoms. The summed E-state index contributed by atoms with van der Waals surface area (Å²) in [6.45, 7) is 1.07. The molecule has 3 rings (SSSR count). The molecule has 1 aromatic carbocycles. The maximum atomic E-state index is 13.6. The van der Waals surface area contributed by atoms with E-state index in [0.29, 0.717) is 18.0 Å². The third-order valence-corrected chi connectivity index (χ3v) is 7.59. The molecule has 1 aliphatic heterocycles. The molecule has 1 aromatic heterocycles. The molecular formula is C17H18F2N2O3S2. The molecule has 9 heteroatoms. The summed E-state index contributed by atoms with van der Waals surface area (Å²) in [5, 5.41) is 2.48. The number of benzene rings is 1. The molecule has 0 atom stereocenters. The molecule has 140 valence electrons. The van der Waals surface area contributed by atoms with E-state index in [1.807, 2.05) is 0 Å². The minimum atomic E-state index is -3.51. The number of hydrogen-bond donors (Lipinski definition) is 1. The second-order valence-corrected chi connectivity index (χ2v) is 9.33. The van der Waals surface area contributed by atoms with Crippen molar-refractivity contribution < 1.29 is 22.0 Å². The molecule has 5 nitrogen and oxygen atoms in total. The van der Waals surface area contributed by atoms with E-state index in [2.05, 4.69) is 5.32 Å². The molecule has 0 aliphatic carbocycles. The second-order valence-electron chi connectivity index (χ2n) is 5.99. The molecule has 0 bridgehead atoms. The zero-order chi connectivity index (χ0) is 18.7. The maximum absolute atomic E-state index is 13.6. The van der Waals surface area contributed by atoms with Gasteiger partial charge in [0, 0.05) is 18.0 Å². The fourth-order valence-corrected chi connectivity index (χ4v) is 5.73. The third-order valence-electron chi connectivity index (χ3n) is 4.14. The number of nitrogens with zero attached hydrogens (tertiary/aromatic N) is 1. The van der Waals surface area contributed by atoms with Gasteiger partial charge >= 0.3 is 0 Å². The largest absolute Gasteiger partial charge is 0.347 e. The maximum Gasteiger partial charge on any atom is 0.254 e. The number of halogens is 2. The van der Waals surface area contributed by atoms with Crippen molar-refractivity contribution in [1.82, 2.24) is 9.62 Å². The quantitative estimate of drug-likeness (QED) is 0.839. The zero-order valence-corrected chi connectivity index (χ0v) is 15.5. The minimum absolute atomic E-state index is 0.0367. The predicted octanol–water partition coefficient (Wildman–Crippen LogP) is 3.13. The first-order valence-electron chi connectivity index (χ1n) is 8.20. The third kappa shape index (κ3) is 4.11. The van der Waals surface area contributed by atoms with Gasteiger partial charge in [-0.2, -0.15) is 4.31 Å². The van der Waals surface area contributed by atoms with Crippen LogP contribution in [0, 0.1) is 11.6 Å². The molecule has 0 radical (unpaired) electrons. The number of rotatable bonds is 5. The highest BCUT2D eigenvalue weighted by Gasteiger charge is 2.27. The van der Waals surface area contributed by atoms with E-state index in [1.54, 1.807) is 6.07 Å². The Balaban J connectivity index is 1.67. The molecule has 1 amide bonds. The molecule has 1 saturated heterocycles. The Morgan fingerprint density at radius 3 is 2.58 bits per heavy atom. The first-order valence-corrected chi connectivity index (χ1v) is 10.5. The van der Waals surface area contributed by atoms with E-state index in [9.17, 15) is 22.0 Å². The summed E-state index contributed by atoms with van der Waals surface area (Å²) in [6.07, 6.45) is 2.74. The van der Waals surface area contributed by atoms with Crippen LogP contribution in [-0.4, -0.2) is 31.7 Å². The lowest BCUT2D eigenvalue weighted by Gasteiger charge is -2.25. The van der Waals surface area contributed by atoms with Crippen LogP contribution in [0.4, 0.5) is 8.78 Å². The van der Waals surface area contributed by atoms with Gasteiger partial charge in [0.1, 0.15) is 15.8 Å². The summed E-state index contributed by atoms with van der Waals surface area (Å²) in [6, 6.07) is 5.77. The fourth-order valence-electron chi connectivity index (χ4n) is 2.76. The fraction of sp³-hybridized carbons (Fsp3) is 0.353. The normalized spacial score (nSPS) is 15.8. The standard InChI is InChI=1S/C17H18F2N2O3S2/c18-12-4-6-15(19)14(10-12)17(22)20-11-13-5-7-16(25-13)26(23,24)21-8-2-1-3-9-21/h4-7,10H,1-3,8-9,11H2,(H,20,22). The molecule has 2 aromatic rings. The van der Waals surface area contributed by atoms with Crippen molar-refractivity contribution in [2.75, 3.05) is 13.1 Å². The highest BCUT2D eigenvalue weighted by Crippen LogP contribution is 2.27. The summed E-state index contributed by atoms with van der Waals surface area (Å²) in [5.41, 5.74) is -0.386. The SMILES string of the molecule is O=C(NCc1ccc(S(=O)(=O)N2CCCCC2)s1)c1cc(F)ccc1F. The van der Waals surface area contributed by atoms with Crippen LogP contribution < -0.4 is 5.32 Å². The van der Waals surface area contributed by atoms with Crippen molar-refractivity contribution in [2.45, 2.75) is 30.0 Å². The Hall–Kier alpha value is -1.84. The summed E-state index contributed by atoms with van der Waals surface area (Å²) >= 11 is 1.07. The molecular weight excluding hydrogens is 382 g/mol. The Kier molecular flexibility index (Phi) is 5.69. The topological polar surface area (TPSA) is 66.5 Å². The molecule has 1 N–H and O–H groups in total. The number of carbonyl (C=O) groups excluding carboxylic acids is 1. The minimum Gasteiger partial charge on any atom is -0.347 e. The summed E-state index contributed by atoms with van der Waals surface area (Å²) in [7, 11) is -3.51. The van der Waals surface area contributed by atoms with E-state index in [0.717, 1.165) is 48.8 Å². The van der Waals surface area contributed by atoms with E-state index < -0.39 is 27.6 Å². The van der Waals surface area contributed by atoms with Gasteiger partial charge in [-0.25, -0.2) is 17.2 Å². The van der Waals surface area contributed by atoms with Crippen LogP contribution >= 0.6 is 11.3 Å². The van der Waals surface area contributed by atoms with Gasteiger partial charge in [-0.05, 0) is 43.2 Å². The van der Waals surface area contributed by atoms with Gasteiger partial charge in [-0.3, -0.25) is 4.79 Å². The molecule has 1 aliphatic rings. The lowest BCUT2D eigenvalue weighted by molar-refractivity contribution is 0.0946. The van der Waals surface area contributed by atoms with Gasteiger partial charge in [0.05, 0.1) is 12.1 Å². The van der Waals surface area contributed by atoms with E-state index in [4.69, 9.17) is 0 Å². The van der Waals surface area contributed by atoms with Gasteiger partial charge in [0.2, 0.25) is 0 Å². The summed E-state index contributed by atoms with van der Waals surface area (Å²) < 4.78 is 53.7. The molecule has 2 heterocycles. The molecule has 26 heavy (non-hydrogen) atoms. The van der Waals surface area contributed by atoms with Crippen molar-refractivity contribution in [2.24, 2.45) is 0 Å². The molecule has 0 unspecified atom stereocenters. The average Bonchev–Trinajstić information content (AvgIpc) is 3.12. The van der Waals surface area contributed by atoms with Crippen molar-refractivity contribution in [3.05, 3.63) is 52.4 Å². The predicted molar refractivity (Wildman–Crippen MR) is 94.5 cm³/mol. The summed E-state index contributed by atoms with van der Waals surface area (Å²) in [5.74, 6) is -2.28. The van der Waals surface area contributed by atoms with Gasteiger partial charge in [-0.1, -0.05) is 6.42 Å². The van der Waals surface area contributed by atoms with Gasteiger partial charge in [0.25, 0.3) is 15.9 Å². The highest BCUT2D eigenvalue weighted by atomic mass is 32.2. The van der Waals surface area contributed by atoms with Gasteiger partial charge < -0.3 is 5.32 Å². The molecule has 1 fully saturated rings. The van der Waals surface area contributed by atoms with E-state index in [-0.39, 0.29) is 16.3 Å². The van der Waals surface area contributed by atoms with Crippen LogP contribution in [0.25, 0.3) is 0 Å². The van der Waals surface area contributed by atoms with Crippen LogP contribution in [0.3, 0.4) is 0 Å². The van der Waals surface area contributed by atoms with Crippen LogP contribution in [0.2, 0.25) is 0 Å². The van der Waals surface area contributed by atoms with Crippen LogP contribution in [0.1, 0.15) is 34.5 Å². The number of amides is 1. The smallest absolute Gasteiger partial charge is 0.254 e. The Morgan fingerprint density at radius 2 is 1.85 bits per heavy atom. The number of nitrogens with one attached hydrogen (secondary N) is 1. The van der Waals surface area contributed by atoms with E-state index in [1.165, 1.54) is 10.4 Å². The second kappa shape index (κ2) is 7.81. The number of sulfonamides is 1. The van der Waals surface area contributed by atoms with Gasteiger partial charge in [-0.15, -0.1) is 11.3 Å². The van der Waals surface area contributed by atoms with Crippen LogP contribution in [-0.2, 0) is 16.6 Å². The lowest BCUT2D eigenvalue weighted by atomic mass is 10.2.